The second kappa shape index (κ2) is 7.77. The van der Waals surface area contributed by atoms with Crippen molar-refractivity contribution < 1.29 is 9.53 Å². The molecular weight excluding hydrogens is 433 g/mol. The van der Waals surface area contributed by atoms with Gasteiger partial charge < -0.3 is 4.74 Å². The number of esters is 1. The number of methoxy groups -OCH3 is 1. The summed E-state index contributed by atoms with van der Waals surface area (Å²) in [5.41, 5.74) is 2.11. The Bertz CT molecular complexity index is 661. The lowest BCUT2D eigenvalue weighted by atomic mass is 10.0. The number of rotatable bonds is 3. The molecule has 1 aliphatic heterocycles. The highest BCUT2D eigenvalue weighted by molar-refractivity contribution is 14.0. The molecule has 0 unspecified atom stereocenters. The van der Waals surface area contributed by atoms with E-state index >= 15 is 0 Å². The molecule has 1 aliphatic rings. The lowest BCUT2D eigenvalue weighted by Gasteiger charge is -2.33. The summed E-state index contributed by atoms with van der Waals surface area (Å²) < 4.78 is 5.01. The van der Waals surface area contributed by atoms with Crippen LogP contribution in [0.3, 0.4) is 0 Å². The minimum absolute atomic E-state index is 0. The summed E-state index contributed by atoms with van der Waals surface area (Å²) in [5, 5.41) is 2.71. The van der Waals surface area contributed by atoms with Crippen LogP contribution in [0, 0.1) is 0 Å². The van der Waals surface area contributed by atoms with Gasteiger partial charge in [-0.25, -0.2) is 4.79 Å². The number of halogens is 2. The summed E-state index contributed by atoms with van der Waals surface area (Å²) in [6, 6.07) is 9.16. The molecular formula is C16H17ClINO2S. The lowest BCUT2D eigenvalue weighted by molar-refractivity contribution is -0.147. The summed E-state index contributed by atoms with van der Waals surface area (Å²) in [7, 11) is 1.42. The van der Waals surface area contributed by atoms with Gasteiger partial charge in [0.1, 0.15) is 6.04 Å². The van der Waals surface area contributed by atoms with Gasteiger partial charge in [-0.1, -0.05) is 29.8 Å². The van der Waals surface area contributed by atoms with Crippen molar-refractivity contribution in [3.63, 3.8) is 0 Å². The third kappa shape index (κ3) is 3.48. The van der Waals surface area contributed by atoms with Crippen LogP contribution >= 0.6 is 46.9 Å². The maximum atomic E-state index is 12.3. The van der Waals surface area contributed by atoms with Gasteiger partial charge in [0.05, 0.1) is 7.11 Å². The first-order valence-corrected chi connectivity index (χ1v) is 8.08. The van der Waals surface area contributed by atoms with Crippen molar-refractivity contribution in [3.05, 3.63) is 56.7 Å². The second-order valence-electron chi connectivity index (χ2n) is 5.04. The smallest absolute Gasteiger partial charge is 0.327 e. The van der Waals surface area contributed by atoms with E-state index in [2.05, 4.69) is 16.3 Å². The molecule has 3 rings (SSSR count). The van der Waals surface area contributed by atoms with Crippen LogP contribution in [0.5, 0.6) is 0 Å². The highest BCUT2D eigenvalue weighted by Crippen LogP contribution is 2.33. The van der Waals surface area contributed by atoms with Crippen LogP contribution in [-0.4, -0.2) is 24.5 Å². The van der Waals surface area contributed by atoms with E-state index in [1.807, 2.05) is 24.3 Å². The van der Waals surface area contributed by atoms with Gasteiger partial charge in [-0.2, -0.15) is 0 Å². The highest BCUT2D eigenvalue weighted by atomic mass is 127. The van der Waals surface area contributed by atoms with Crippen LogP contribution in [0.15, 0.2) is 35.7 Å². The van der Waals surface area contributed by atoms with Gasteiger partial charge in [-0.3, -0.25) is 4.90 Å². The Labute approximate surface area is 156 Å². The maximum Gasteiger partial charge on any atom is 0.327 e. The SMILES string of the molecule is COC(=O)[C@@H](c1ccccc1Cl)N1CCc2sccc2C1.I. The number of thiophene rings is 1. The standard InChI is InChI=1S/C16H16ClNO2S.HI/c1-20-16(19)15(12-4-2-3-5-13(12)17)18-8-6-14-11(10-18)7-9-21-14;/h2-5,7,9,15H,6,8,10H2,1H3;1H/t15-;/m1./s1. The molecule has 1 aromatic carbocycles. The van der Waals surface area contributed by atoms with E-state index in [1.54, 1.807) is 11.3 Å². The van der Waals surface area contributed by atoms with Crippen molar-refractivity contribution in [2.24, 2.45) is 0 Å². The second-order valence-corrected chi connectivity index (χ2v) is 6.44. The molecule has 0 saturated heterocycles. The molecule has 3 nitrogen and oxygen atoms in total. The first-order valence-electron chi connectivity index (χ1n) is 6.82. The molecule has 2 aromatic rings. The van der Waals surface area contributed by atoms with Crippen LogP contribution in [-0.2, 0) is 22.5 Å². The number of ether oxygens (including phenoxy) is 1. The topological polar surface area (TPSA) is 29.5 Å². The molecule has 0 bridgehead atoms. The molecule has 118 valence electrons. The number of carbonyl (C=O) groups excluding carboxylic acids is 1. The molecule has 1 atom stereocenters. The molecule has 1 aromatic heterocycles. The molecule has 0 N–H and O–H groups in total. The van der Waals surface area contributed by atoms with Crippen molar-refractivity contribution in [3.8, 4) is 0 Å². The van der Waals surface area contributed by atoms with E-state index < -0.39 is 6.04 Å². The summed E-state index contributed by atoms with van der Waals surface area (Å²) in [6.45, 7) is 1.59. The first kappa shape index (κ1) is 17.7. The minimum atomic E-state index is -0.447. The van der Waals surface area contributed by atoms with Gasteiger partial charge in [0.15, 0.2) is 0 Å². The normalized spacial score (nSPS) is 15.5. The fraction of sp³-hybridized carbons (Fsp3) is 0.312. The number of carbonyl (C=O) groups is 1. The van der Waals surface area contributed by atoms with Crippen LogP contribution in [0.2, 0.25) is 5.02 Å². The summed E-state index contributed by atoms with van der Waals surface area (Å²) in [4.78, 5) is 15.8. The third-order valence-electron chi connectivity index (χ3n) is 3.83. The molecule has 0 fully saturated rings. The van der Waals surface area contributed by atoms with Gasteiger partial charge >= 0.3 is 5.97 Å². The van der Waals surface area contributed by atoms with E-state index in [-0.39, 0.29) is 29.9 Å². The number of nitrogens with zero attached hydrogens (tertiary/aromatic N) is 1. The van der Waals surface area contributed by atoms with E-state index in [9.17, 15) is 4.79 Å². The van der Waals surface area contributed by atoms with E-state index in [1.165, 1.54) is 17.6 Å². The molecule has 0 radical (unpaired) electrons. The number of fused-ring (bicyclic) bond motifs is 1. The van der Waals surface area contributed by atoms with Crippen LogP contribution in [0.25, 0.3) is 0 Å². The van der Waals surface area contributed by atoms with Crippen molar-refractivity contribution in [2.75, 3.05) is 13.7 Å². The van der Waals surface area contributed by atoms with Crippen LogP contribution < -0.4 is 0 Å². The average Bonchev–Trinajstić information content (AvgIpc) is 2.97. The minimum Gasteiger partial charge on any atom is -0.468 e. The molecule has 0 saturated carbocycles. The zero-order chi connectivity index (χ0) is 14.8. The quantitative estimate of drug-likeness (QED) is 0.517. The van der Waals surface area contributed by atoms with Crippen LogP contribution in [0.4, 0.5) is 0 Å². The van der Waals surface area contributed by atoms with Gasteiger partial charge in [-0.15, -0.1) is 35.3 Å². The van der Waals surface area contributed by atoms with Gasteiger partial charge in [0.25, 0.3) is 0 Å². The van der Waals surface area contributed by atoms with Crippen molar-refractivity contribution >= 4 is 52.9 Å². The summed E-state index contributed by atoms with van der Waals surface area (Å²) >= 11 is 8.07. The largest absolute Gasteiger partial charge is 0.468 e. The Balaban J connectivity index is 0.00000176. The Kier molecular flexibility index (Phi) is 6.26. The van der Waals surface area contributed by atoms with Gasteiger partial charge in [0, 0.05) is 23.0 Å². The van der Waals surface area contributed by atoms with Gasteiger partial charge in [-0.05, 0) is 35.1 Å². The lowest BCUT2D eigenvalue weighted by Crippen LogP contribution is -2.38. The molecule has 0 spiro atoms. The zero-order valence-corrected chi connectivity index (χ0v) is 16.0. The number of hydrogen-bond donors (Lipinski definition) is 0. The maximum absolute atomic E-state index is 12.3. The fourth-order valence-electron chi connectivity index (χ4n) is 2.77. The predicted octanol–water partition coefficient (Wildman–Crippen LogP) is 4.29. The van der Waals surface area contributed by atoms with E-state index in [4.69, 9.17) is 16.3 Å². The molecule has 22 heavy (non-hydrogen) atoms. The Morgan fingerprint density at radius 1 is 1.36 bits per heavy atom. The Morgan fingerprint density at radius 2 is 2.14 bits per heavy atom. The predicted molar refractivity (Wildman–Crippen MR) is 100 cm³/mol. The number of benzene rings is 1. The van der Waals surface area contributed by atoms with E-state index in [0.29, 0.717) is 5.02 Å². The van der Waals surface area contributed by atoms with Crippen molar-refractivity contribution in [1.82, 2.24) is 4.90 Å². The monoisotopic (exact) mass is 449 g/mol. The molecule has 0 aliphatic carbocycles. The van der Waals surface area contributed by atoms with Crippen molar-refractivity contribution in [2.45, 2.75) is 19.0 Å². The summed E-state index contributed by atoms with van der Waals surface area (Å²) in [6.07, 6.45) is 0.963. The molecule has 2 heterocycles. The highest BCUT2D eigenvalue weighted by Gasteiger charge is 2.32. The fourth-order valence-corrected chi connectivity index (χ4v) is 3.90. The first-order chi connectivity index (χ1) is 10.2. The van der Waals surface area contributed by atoms with Crippen LogP contribution in [0.1, 0.15) is 22.0 Å². The third-order valence-corrected chi connectivity index (χ3v) is 5.19. The van der Waals surface area contributed by atoms with E-state index in [0.717, 1.165) is 25.1 Å². The molecule has 6 heteroatoms. The Morgan fingerprint density at radius 3 is 2.86 bits per heavy atom. The van der Waals surface area contributed by atoms with Crippen molar-refractivity contribution in [1.29, 1.82) is 0 Å². The Hall–Kier alpha value is -0.630. The number of hydrogen-bond acceptors (Lipinski definition) is 4. The average molecular weight is 450 g/mol. The zero-order valence-electron chi connectivity index (χ0n) is 12.1. The summed E-state index contributed by atoms with van der Waals surface area (Å²) in [5.74, 6) is -0.262. The van der Waals surface area contributed by atoms with Gasteiger partial charge in [0.2, 0.25) is 0 Å². The molecule has 0 amide bonds.